The molecule has 0 bridgehead atoms. The first kappa shape index (κ1) is 6.91. The van der Waals surface area contributed by atoms with Crippen molar-refractivity contribution in [1.82, 2.24) is 4.98 Å². The van der Waals surface area contributed by atoms with Gasteiger partial charge in [-0.15, -0.1) is 0 Å². The first-order valence-electron chi connectivity index (χ1n) is 3.62. The summed E-state index contributed by atoms with van der Waals surface area (Å²) >= 11 is 0. The minimum Gasteiger partial charge on any atom is -0.264 e. The maximum Gasteiger partial charge on any atom is 0.0929 e. The van der Waals surface area contributed by atoms with E-state index in [9.17, 15) is 0 Å². The minimum absolute atomic E-state index is 0.690. The molecule has 0 amide bonds. The highest BCUT2D eigenvalue weighted by Gasteiger charge is 1.96. The molecule has 12 heavy (non-hydrogen) atoms. The second-order valence-electron chi connectivity index (χ2n) is 2.49. The number of aromatic nitrogens is 1. The highest BCUT2D eigenvalue weighted by molar-refractivity contribution is 5.91. The summed E-state index contributed by atoms with van der Waals surface area (Å²) in [5, 5.41) is 5.41. The summed E-state index contributed by atoms with van der Waals surface area (Å²) in [6, 6.07) is 7.51. The van der Waals surface area contributed by atoms with Crippen molar-refractivity contribution in [3.63, 3.8) is 0 Å². The van der Waals surface area contributed by atoms with Crippen LogP contribution in [0.3, 0.4) is 0 Å². The monoisotopic (exact) mass is 157 g/mol. The molecule has 3 heteroatoms. The van der Waals surface area contributed by atoms with Crippen LogP contribution in [0.2, 0.25) is 0 Å². The van der Waals surface area contributed by atoms with Gasteiger partial charge >= 0.3 is 0 Å². The summed E-state index contributed by atoms with van der Waals surface area (Å²) < 4.78 is 0. The van der Waals surface area contributed by atoms with Gasteiger partial charge in [0.2, 0.25) is 0 Å². The zero-order valence-electron chi connectivity index (χ0n) is 6.36. The lowest BCUT2D eigenvalue weighted by Gasteiger charge is -1.97. The van der Waals surface area contributed by atoms with Crippen LogP contribution in [0.4, 0.5) is 5.69 Å². The summed E-state index contributed by atoms with van der Waals surface area (Å²) in [5.41, 5.74) is 7.62. The fraction of sp³-hybridized carbons (Fsp3) is 0. The van der Waals surface area contributed by atoms with Gasteiger partial charge in [0.15, 0.2) is 0 Å². The van der Waals surface area contributed by atoms with Crippen LogP contribution < -0.4 is 0 Å². The maximum absolute atomic E-state index is 6.93. The standard InChI is InChI=1S/C9H7N3/c10-12-9-3-1-2-7-6-11-5-4-8(7)9/h1-6,10H. The highest BCUT2D eigenvalue weighted by Crippen LogP contribution is 2.23. The molecule has 0 aliphatic rings. The van der Waals surface area contributed by atoms with Crippen molar-refractivity contribution >= 4 is 16.5 Å². The molecule has 0 unspecified atom stereocenters. The van der Waals surface area contributed by atoms with E-state index in [1.54, 1.807) is 12.4 Å². The molecular weight excluding hydrogens is 150 g/mol. The topological polar surface area (TPSA) is 49.1 Å². The van der Waals surface area contributed by atoms with Crippen LogP contribution in [0, 0.1) is 5.53 Å². The maximum atomic E-state index is 6.93. The van der Waals surface area contributed by atoms with Gasteiger partial charge in [0.1, 0.15) is 0 Å². The number of benzene rings is 1. The molecule has 2 rings (SSSR count). The fourth-order valence-corrected chi connectivity index (χ4v) is 1.20. The van der Waals surface area contributed by atoms with Gasteiger partial charge in [-0.25, -0.2) is 5.53 Å². The number of nitrogens with zero attached hydrogens (tertiary/aromatic N) is 2. The van der Waals surface area contributed by atoms with Crippen molar-refractivity contribution in [1.29, 1.82) is 5.53 Å². The predicted octanol–water partition coefficient (Wildman–Crippen LogP) is 2.90. The molecule has 0 fully saturated rings. The van der Waals surface area contributed by atoms with Crippen LogP contribution in [-0.4, -0.2) is 4.98 Å². The van der Waals surface area contributed by atoms with Gasteiger partial charge < -0.3 is 0 Å². The summed E-state index contributed by atoms with van der Waals surface area (Å²) in [4.78, 5) is 3.99. The lowest BCUT2D eigenvalue weighted by molar-refractivity contribution is 1.16. The molecule has 1 heterocycles. The Hall–Kier alpha value is -1.77. The Morgan fingerprint density at radius 3 is 3.00 bits per heavy atom. The predicted molar refractivity (Wildman–Crippen MR) is 46.6 cm³/mol. The number of hydrogen-bond acceptors (Lipinski definition) is 3. The second-order valence-corrected chi connectivity index (χ2v) is 2.49. The van der Waals surface area contributed by atoms with Crippen LogP contribution in [0.15, 0.2) is 41.8 Å². The SMILES string of the molecule is N=Nc1cccc2cnccc12. The molecule has 58 valence electrons. The normalized spacial score (nSPS) is 10.0. The summed E-state index contributed by atoms with van der Waals surface area (Å²) in [7, 11) is 0. The molecule has 1 N–H and O–H groups in total. The minimum atomic E-state index is 0.690. The number of nitrogens with one attached hydrogen (secondary N) is 1. The molecule has 0 spiro atoms. The van der Waals surface area contributed by atoms with E-state index in [-0.39, 0.29) is 0 Å². The lowest BCUT2D eigenvalue weighted by atomic mass is 10.1. The molecule has 1 aromatic carbocycles. The molecule has 0 saturated heterocycles. The third kappa shape index (κ3) is 0.955. The van der Waals surface area contributed by atoms with Crippen molar-refractivity contribution in [2.45, 2.75) is 0 Å². The molecule has 3 nitrogen and oxygen atoms in total. The van der Waals surface area contributed by atoms with E-state index in [1.807, 2.05) is 24.3 Å². The van der Waals surface area contributed by atoms with Crippen LogP contribution in [-0.2, 0) is 0 Å². The van der Waals surface area contributed by atoms with Crippen LogP contribution in [0.25, 0.3) is 10.8 Å². The molecule has 2 aromatic rings. The van der Waals surface area contributed by atoms with Crippen molar-refractivity contribution in [3.8, 4) is 0 Å². The van der Waals surface area contributed by atoms with Gasteiger partial charge in [-0.1, -0.05) is 12.1 Å². The van der Waals surface area contributed by atoms with Gasteiger partial charge in [0.05, 0.1) is 5.69 Å². The molecular formula is C9H7N3. The number of pyridine rings is 1. The summed E-state index contributed by atoms with van der Waals surface area (Å²) in [5.74, 6) is 0. The Balaban J connectivity index is 2.88. The van der Waals surface area contributed by atoms with Crippen molar-refractivity contribution < 1.29 is 0 Å². The van der Waals surface area contributed by atoms with Crippen molar-refractivity contribution in [3.05, 3.63) is 36.7 Å². The Bertz CT molecular complexity index is 418. The molecule has 0 radical (unpaired) electrons. The molecule has 0 atom stereocenters. The van der Waals surface area contributed by atoms with Gasteiger partial charge in [-0.05, 0) is 12.1 Å². The van der Waals surface area contributed by atoms with Crippen molar-refractivity contribution in [2.24, 2.45) is 5.11 Å². The second kappa shape index (κ2) is 2.70. The van der Waals surface area contributed by atoms with Gasteiger partial charge in [-0.2, -0.15) is 5.11 Å². The van der Waals surface area contributed by atoms with E-state index in [0.717, 1.165) is 10.8 Å². The zero-order valence-corrected chi connectivity index (χ0v) is 6.36. The fourth-order valence-electron chi connectivity index (χ4n) is 1.20. The average molecular weight is 157 g/mol. The van der Waals surface area contributed by atoms with E-state index >= 15 is 0 Å². The van der Waals surface area contributed by atoms with Crippen LogP contribution in [0.5, 0.6) is 0 Å². The van der Waals surface area contributed by atoms with Crippen molar-refractivity contribution in [2.75, 3.05) is 0 Å². The van der Waals surface area contributed by atoms with Gasteiger partial charge in [-0.3, -0.25) is 4.98 Å². The van der Waals surface area contributed by atoms with Crippen LogP contribution in [0.1, 0.15) is 0 Å². The highest BCUT2D eigenvalue weighted by atomic mass is 15.0. The Morgan fingerprint density at radius 1 is 1.25 bits per heavy atom. The number of hydrogen-bond donors (Lipinski definition) is 1. The van der Waals surface area contributed by atoms with Crippen LogP contribution >= 0.6 is 0 Å². The van der Waals surface area contributed by atoms with E-state index in [4.69, 9.17) is 5.53 Å². The molecule has 1 aromatic heterocycles. The van der Waals surface area contributed by atoms with E-state index in [2.05, 4.69) is 10.1 Å². The number of rotatable bonds is 1. The third-order valence-electron chi connectivity index (χ3n) is 1.78. The zero-order chi connectivity index (χ0) is 8.39. The summed E-state index contributed by atoms with van der Waals surface area (Å²) in [6.45, 7) is 0. The Morgan fingerprint density at radius 2 is 2.17 bits per heavy atom. The molecule has 0 aliphatic carbocycles. The smallest absolute Gasteiger partial charge is 0.0929 e. The molecule has 0 saturated carbocycles. The van der Waals surface area contributed by atoms with E-state index < -0.39 is 0 Å². The average Bonchev–Trinajstić information content (AvgIpc) is 2.17. The lowest BCUT2D eigenvalue weighted by Crippen LogP contribution is -1.74. The van der Waals surface area contributed by atoms with E-state index in [0.29, 0.717) is 5.69 Å². The largest absolute Gasteiger partial charge is 0.264 e. The van der Waals surface area contributed by atoms with Gasteiger partial charge in [0, 0.05) is 23.2 Å². The first-order valence-corrected chi connectivity index (χ1v) is 3.62. The molecule has 0 aliphatic heterocycles. The number of fused-ring (bicyclic) bond motifs is 1. The Labute approximate surface area is 69.6 Å². The van der Waals surface area contributed by atoms with E-state index in [1.165, 1.54) is 0 Å². The summed E-state index contributed by atoms with van der Waals surface area (Å²) in [6.07, 6.45) is 3.47. The first-order chi connectivity index (χ1) is 5.92. The quantitative estimate of drug-likeness (QED) is 0.635. The van der Waals surface area contributed by atoms with Gasteiger partial charge in [0.25, 0.3) is 0 Å². The third-order valence-corrected chi connectivity index (χ3v) is 1.78. The Kier molecular flexibility index (Phi) is 1.55.